The lowest BCUT2D eigenvalue weighted by Gasteiger charge is -2.16. The van der Waals surface area contributed by atoms with Gasteiger partial charge in [-0.15, -0.1) is 0 Å². The second kappa shape index (κ2) is 15.6. The zero-order chi connectivity index (χ0) is 25.6. The molecule has 3 aromatic carbocycles. The Bertz CT molecular complexity index is 1020. The Labute approximate surface area is 218 Å². The van der Waals surface area contributed by atoms with E-state index in [1.807, 2.05) is 48.5 Å². The molecule has 2 heteroatoms. The second-order valence-corrected chi connectivity index (χ2v) is 10.2. The van der Waals surface area contributed by atoms with Gasteiger partial charge in [0.25, 0.3) is 0 Å². The first kappa shape index (κ1) is 28.1. The average molecular weight is 491 g/mol. The maximum Gasteiger partial charge on any atom is 0.166 e. The largest absolute Gasteiger partial charge is 0.203 e. The molecule has 0 amide bonds. The van der Waals surface area contributed by atoms with E-state index >= 15 is 8.78 Å². The summed E-state index contributed by atoms with van der Waals surface area (Å²) in [5.41, 5.74) is 4.93. The highest BCUT2D eigenvalue weighted by atomic mass is 19.2. The Morgan fingerprint density at radius 2 is 1.00 bits per heavy atom. The molecule has 0 heterocycles. The molecule has 0 nitrogen and oxygen atoms in total. The lowest BCUT2D eigenvalue weighted by atomic mass is 9.91. The van der Waals surface area contributed by atoms with Crippen LogP contribution in [0.5, 0.6) is 0 Å². The van der Waals surface area contributed by atoms with Crippen molar-refractivity contribution in [2.24, 2.45) is 0 Å². The minimum Gasteiger partial charge on any atom is -0.203 e. The van der Waals surface area contributed by atoms with Crippen LogP contribution in [0, 0.1) is 11.6 Å². The summed E-state index contributed by atoms with van der Waals surface area (Å²) in [7, 11) is 0. The van der Waals surface area contributed by atoms with Crippen LogP contribution < -0.4 is 0 Å². The smallest absolute Gasteiger partial charge is 0.166 e. The molecule has 0 aromatic heterocycles. The summed E-state index contributed by atoms with van der Waals surface area (Å²) >= 11 is 0. The Balaban J connectivity index is 1.79. The number of unbranched alkanes of at least 4 members (excludes halogenated alkanes) is 10. The monoisotopic (exact) mass is 490 g/mol. The minimum atomic E-state index is -0.699. The molecule has 0 aliphatic carbocycles. The molecule has 0 fully saturated rings. The van der Waals surface area contributed by atoms with Crippen molar-refractivity contribution >= 4 is 0 Å². The summed E-state index contributed by atoms with van der Waals surface area (Å²) in [4.78, 5) is 0. The molecule has 3 rings (SSSR count). The van der Waals surface area contributed by atoms with Crippen LogP contribution in [0.2, 0.25) is 0 Å². The summed E-state index contributed by atoms with van der Waals surface area (Å²) < 4.78 is 30.9. The van der Waals surface area contributed by atoms with E-state index < -0.39 is 11.6 Å². The van der Waals surface area contributed by atoms with Gasteiger partial charge in [-0.05, 0) is 59.6 Å². The van der Waals surface area contributed by atoms with E-state index in [9.17, 15) is 0 Å². The Morgan fingerprint density at radius 1 is 0.500 bits per heavy atom. The molecule has 36 heavy (non-hydrogen) atoms. The van der Waals surface area contributed by atoms with Crippen LogP contribution in [0.3, 0.4) is 0 Å². The van der Waals surface area contributed by atoms with Crippen molar-refractivity contribution in [2.75, 3.05) is 0 Å². The van der Waals surface area contributed by atoms with E-state index in [0.717, 1.165) is 54.4 Å². The molecule has 0 unspecified atom stereocenters. The fraction of sp³-hybridized carbons (Fsp3) is 0.471. The highest BCUT2D eigenvalue weighted by molar-refractivity contribution is 5.71. The second-order valence-electron chi connectivity index (χ2n) is 10.2. The third kappa shape index (κ3) is 8.29. The third-order valence-electron chi connectivity index (χ3n) is 7.28. The number of aryl methyl sites for hydroxylation is 1. The van der Waals surface area contributed by atoms with Crippen LogP contribution in [-0.2, 0) is 12.8 Å². The first-order valence-corrected chi connectivity index (χ1v) is 14.3. The molecule has 0 atom stereocenters. The topological polar surface area (TPSA) is 0 Å². The summed E-state index contributed by atoms with van der Waals surface area (Å²) in [6.45, 7) is 4.44. The number of hydrogen-bond donors (Lipinski definition) is 0. The van der Waals surface area contributed by atoms with Gasteiger partial charge < -0.3 is 0 Å². The third-order valence-corrected chi connectivity index (χ3v) is 7.28. The molecular weight excluding hydrogens is 446 g/mol. The summed E-state index contributed by atoms with van der Waals surface area (Å²) in [6, 6.07) is 19.9. The molecule has 0 radical (unpaired) electrons. The zero-order valence-corrected chi connectivity index (χ0v) is 22.4. The van der Waals surface area contributed by atoms with Crippen molar-refractivity contribution in [3.8, 4) is 22.3 Å². The lowest BCUT2D eigenvalue weighted by molar-refractivity contribution is 0.493. The van der Waals surface area contributed by atoms with Crippen molar-refractivity contribution in [3.63, 3.8) is 0 Å². The molecule has 0 bridgehead atoms. The fourth-order valence-corrected chi connectivity index (χ4v) is 5.07. The number of hydrogen-bond acceptors (Lipinski definition) is 0. The highest BCUT2D eigenvalue weighted by Gasteiger charge is 2.19. The normalized spacial score (nSPS) is 11.2. The minimum absolute atomic E-state index is 0.389. The first-order valence-electron chi connectivity index (χ1n) is 14.3. The van der Waals surface area contributed by atoms with Crippen LogP contribution >= 0.6 is 0 Å². The predicted molar refractivity (Wildman–Crippen MR) is 151 cm³/mol. The van der Waals surface area contributed by atoms with Crippen molar-refractivity contribution in [1.29, 1.82) is 0 Å². The van der Waals surface area contributed by atoms with Crippen molar-refractivity contribution in [1.82, 2.24) is 0 Å². The zero-order valence-electron chi connectivity index (χ0n) is 22.4. The molecule has 194 valence electrons. The summed E-state index contributed by atoms with van der Waals surface area (Å²) in [5, 5.41) is 0. The summed E-state index contributed by atoms with van der Waals surface area (Å²) in [6.07, 6.45) is 15.5. The van der Waals surface area contributed by atoms with Crippen molar-refractivity contribution in [3.05, 3.63) is 83.4 Å². The Hall–Kier alpha value is -2.48. The van der Waals surface area contributed by atoms with Gasteiger partial charge in [0.2, 0.25) is 0 Å². The molecule has 0 saturated carbocycles. The molecule has 0 spiro atoms. The van der Waals surface area contributed by atoms with Gasteiger partial charge in [0.15, 0.2) is 11.6 Å². The van der Waals surface area contributed by atoms with Gasteiger partial charge in [0.1, 0.15) is 0 Å². The molecule has 0 aliphatic rings. The molecular formula is C34H44F2. The van der Waals surface area contributed by atoms with Crippen LogP contribution in [0.15, 0.2) is 60.7 Å². The quantitative estimate of drug-likeness (QED) is 0.175. The lowest BCUT2D eigenvalue weighted by Crippen LogP contribution is -2.05. The predicted octanol–water partition coefficient (Wildman–Crippen LogP) is 11.1. The van der Waals surface area contributed by atoms with Crippen LogP contribution in [0.4, 0.5) is 8.78 Å². The van der Waals surface area contributed by atoms with Crippen LogP contribution in [0.25, 0.3) is 22.3 Å². The Morgan fingerprint density at radius 3 is 1.61 bits per heavy atom. The van der Waals surface area contributed by atoms with Crippen LogP contribution in [-0.4, -0.2) is 0 Å². The maximum absolute atomic E-state index is 15.5. The molecule has 0 N–H and O–H groups in total. The van der Waals surface area contributed by atoms with E-state index in [0.29, 0.717) is 17.5 Å². The van der Waals surface area contributed by atoms with Crippen LogP contribution in [0.1, 0.15) is 102 Å². The molecule has 0 aliphatic heterocycles. The van der Waals surface area contributed by atoms with E-state index in [1.54, 1.807) is 0 Å². The number of rotatable bonds is 16. The van der Waals surface area contributed by atoms with E-state index in [2.05, 4.69) is 26.0 Å². The summed E-state index contributed by atoms with van der Waals surface area (Å²) in [5.74, 6) is -1.33. The number of benzene rings is 3. The van der Waals surface area contributed by atoms with Crippen molar-refractivity contribution in [2.45, 2.75) is 104 Å². The van der Waals surface area contributed by atoms with Gasteiger partial charge in [-0.3, -0.25) is 0 Å². The van der Waals surface area contributed by atoms with Gasteiger partial charge in [0, 0.05) is 5.56 Å². The van der Waals surface area contributed by atoms with E-state index in [4.69, 9.17) is 0 Å². The Kier molecular flexibility index (Phi) is 12.2. The molecule has 3 aromatic rings. The van der Waals surface area contributed by atoms with Crippen molar-refractivity contribution < 1.29 is 8.78 Å². The van der Waals surface area contributed by atoms with E-state index in [1.165, 1.54) is 51.4 Å². The van der Waals surface area contributed by atoms with Gasteiger partial charge >= 0.3 is 0 Å². The average Bonchev–Trinajstić information content (AvgIpc) is 2.92. The van der Waals surface area contributed by atoms with E-state index in [-0.39, 0.29) is 0 Å². The van der Waals surface area contributed by atoms with Gasteiger partial charge in [0.05, 0.1) is 0 Å². The first-order chi connectivity index (χ1) is 17.7. The molecule has 0 saturated heterocycles. The van der Waals surface area contributed by atoms with Gasteiger partial charge in [-0.2, -0.15) is 0 Å². The standard InChI is InChI=1S/C34H44F2/c1-3-5-7-9-11-14-20-30-26-32(29-24-22-28(23-25-29)27-18-15-13-16-19-27)34(36)33(35)31(30)21-17-12-10-8-6-4-2/h13,15-16,18-19,22-26H,3-12,14,17,20-21H2,1-2H3. The maximum atomic E-state index is 15.5. The highest BCUT2D eigenvalue weighted by Crippen LogP contribution is 2.32. The fourth-order valence-electron chi connectivity index (χ4n) is 5.07. The van der Waals surface area contributed by atoms with Gasteiger partial charge in [-0.1, -0.05) is 133 Å². The van der Waals surface area contributed by atoms with Gasteiger partial charge in [-0.25, -0.2) is 8.78 Å². The number of halogens is 2. The SMILES string of the molecule is CCCCCCCCc1cc(-c2ccc(-c3ccccc3)cc2)c(F)c(F)c1CCCCCCCC.